The number of aryl methyl sites for hydroxylation is 1. The van der Waals surface area contributed by atoms with Gasteiger partial charge in [-0.1, -0.05) is 13.3 Å². The Balaban J connectivity index is 2.87. The molecule has 0 aliphatic rings. The minimum Gasteiger partial charge on any atom is -0.461 e. The first-order valence-corrected chi connectivity index (χ1v) is 3.66. The van der Waals surface area contributed by atoms with E-state index in [9.17, 15) is 0 Å². The highest BCUT2D eigenvalue weighted by atomic mass is 16.3. The van der Waals surface area contributed by atoms with E-state index in [1.807, 2.05) is 6.07 Å². The molecule has 1 heterocycles. The SMILES string of the molecule is CCCc1ccoc1C(=N)N. The largest absolute Gasteiger partial charge is 0.461 e. The zero-order valence-corrected chi connectivity index (χ0v) is 6.55. The lowest BCUT2D eigenvalue weighted by Crippen LogP contribution is -2.11. The quantitative estimate of drug-likeness (QED) is 0.509. The molecule has 0 aliphatic carbocycles. The summed E-state index contributed by atoms with van der Waals surface area (Å²) in [5.74, 6) is 0.533. The Morgan fingerprint density at radius 1 is 1.73 bits per heavy atom. The molecule has 3 N–H and O–H groups in total. The summed E-state index contributed by atoms with van der Waals surface area (Å²) in [6.45, 7) is 2.08. The number of nitrogens with two attached hydrogens (primary N) is 1. The summed E-state index contributed by atoms with van der Waals surface area (Å²) < 4.78 is 5.03. The van der Waals surface area contributed by atoms with Crippen LogP contribution in [0.1, 0.15) is 24.7 Å². The van der Waals surface area contributed by atoms with Crippen molar-refractivity contribution in [1.82, 2.24) is 0 Å². The summed E-state index contributed by atoms with van der Waals surface area (Å²) in [7, 11) is 0. The molecule has 0 aliphatic heterocycles. The molecule has 0 unspecified atom stereocenters. The average Bonchev–Trinajstić information content (AvgIpc) is 2.36. The number of furan rings is 1. The second-order valence-electron chi connectivity index (χ2n) is 2.44. The molecule has 0 aromatic carbocycles. The molecule has 0 bridgehead atoms. The highest BCUT2D eigenvalue weighted by molar-refractivity contribution is 5.93. The van der Waals surface area contributed by atoms with Crippen molar-refractivity contribution in [3.05, 3.63) is 23.7 Å². The summed E-state index contributed by atoms with van der Waals surface area (Å²) in [6, 6.07) is 1.86. The Morgan fingerprint density at radius 3 is 3.00 bits per heavy atom. The van der Waals surface area contributed by atoms with Crippen LogP contribution in [0.5, 0.6) is 0 Å². The van der Waals surface area contributed by atoms with Gasteiger partial charge in [0.15, 0.2) is 11.6 Å². The van der Waals surface area contributed by atoms with Gasteiger partial charge < -0.3 is 10.2 Å². The van der Waals surface area contributed by atoms with Crippen molar-refractivity contribution in [2.75, 3.05) is 0 Å². The van der Waals surface area contributed by atoms with E-state index in [-0.39, 0.29) is 5.84 Å². The molecule has 0 saturated heterocycles. The molecule has 0 spiro atoms. The van der Waals surface area contributed by atoms with Crippen molar-refractivity contribution in [2.24, 2.45) is 5.73 Å². The highest BCUT2D eigenvalue weighted by Gasteiger charge is 2.06. The summed E-state index contributed by atoms with van der Waals surface area (Å²) >= 11 is 0. The number of nitrogen functional groups attached to an aromatic ring is 1. The van der Waals surface area contributed by atoms with E-state index in [0.717, 1.165) is 18.4 Å². The van der Waals surface area contributed by atoms with Crippen LogP contribution in [0.4, 0.5) is 0 Å². The summed E-state index contributed by atoms with van der Waals surface area (Å²) in [5, 5.41) is 7.16. The van der Waals surface area contributed by atoms with Gasteiger partial charge in [0.05, 0.1) is 6.26 Å². The van der Waals surface area contributed by atoms with Crippen LogP contribution in [0.25, 0.3) is 0 Å². The van der Waals surface area contributed by atoms with Crippen LogP contribution in [-0.2, 0) is 6.42 Å². The van der Waals surface area contributed by atoms with Crippen LogP contribution >= 0.6 is 0 Å². The summed E-state index contributed by atoms with van der Waals surface area (Å²) in [4.78, 5) is 0. The highest BCUT2D eigenvalue weighted by Crippen LogP contribution is 2.11. The van der Waals surface area contributed by atoms with Crippen molar-refractivity contribution in [3.8, 4) is 0 Å². The van der Waals surface area contributed by atoms with Crippen molar-refractivity contribution in [3.63, 3.8) is 0 Å². The average molecular weight is 152 g/mol. The maximum absolute atomic E-state index is 7.16. The minimum atomic E-state index is 0.0125. The summed E-state index contributed by atoms with van der Waals surface area (Å²) in [6.07, 6.45) is 3.53. The minimum absolute atomic E-state index is 0.0125. The van der Waals surface area contributed by atoms with Gasteiger partial charge in [0.1, 0.15) is 0 Å². The van der Waals surface area contributed by atoms with Gasteiger partial charge in [-0.25, -0.2) is 0 Å². The van der Waals surface area contributed by atoms with Crippen molar-refractivity contribution < 1.29 is 4.42 Å². The van der Waals surface area contributed by atoms with Gasteiger partial charge in [0.25, 0.3) is 0 Å². The van der Waals surface area contributed by atoms with Crippen LogP contribution in [0, 0.1) is 5.41 Å². The monoisotopic (exact) mass is 152 g/mol. The maximum atomic E-state index is 7.16. The molecular weight excluding hydrogens is 140 g/mol. The molecule has 0 amide bonds. The van der Waals surface area contributed by atoms with Gasteiger partial charge in [0.2, 0.25) is 0 Å². The Morgan fingerprint density at radius 2 is 2.45 bits per heavy atom. The fraction of sp³-hybridized carbons (Fsp3) is 0.375. The van der Waals surface area contributed by atoms with Gasteiger partial charge in [-0.05, 0) is 12.5 Å². The first-order valence-electron chi connectivity index (χ1n) is 3.66. The van der Waals surface area contributed by atoms with Crippen LogP contribution in [-0.4, -0.2) is 5.84 Å². The first-order chi connectivity index (χ1) is 5.25. The zero-order chi connectivity index (χ0) is 8.27. The number of nitrogens with one attached hydrogen (secondary N) is 1. The third-order valence-corrected chi connectivity index (χ3v) is 1.51. The number of rotatable bonds is 3. The molecule has 1 rings (SSSR count). The Labute approximate surface area is 65.7 Å². The second-order valence-corrected chi connectivity index (χ2v) is 2.44. The van der Waals surface area contributed by atoms with E-state index in [1.54, 1.807) is 6.26 Å². The van der Waals surface area contributed by atoms with E-state index in [2.05, 4.69) is 6.92 Å². The van der Waals surface area contributed by atoms with Crippen molar-refractivity contribution in [1.29, 1.82) is 5.41 Å². The molecule has 0 fully saturated rings. The van der Waals surface area contributed by atoms with Crippen molar-refractivity contribution >= 4 is 5.84 Å². The normalized spacial score (nSPS) is 9.91. The van der Waals surface area contributed by atoms with Crippen LogP contribution in [0.2, 0.25) is 0 Å². The predicted molar refractivity (Wildman–Crippen MR) is 43.7 cm³/mol. The lowest BCUT2D eigenvalue weighted by Gasteiger charge is -1.96. The molecule has 3 nitrogen and oxygen atoms in total. The fourth-order valence-electron chi connectivity index (χ4n) is 1.04. The lowest BCUT2D eigenvalue weighted by atomic mass is 10.1. The third-order valence-electron chi connectivity index (χ3n) is 1.51. The standard InChI is InChI=1S/C8H12N2O/c1-2-3-6-4-5-11-7(6)8(9)10/h4-5H,2-3H2,1H3,(H3,9,10). The molecule has 0 saturated carbocycles. The fourth-order valence-corrected chi connectivity index (χ4v) is 1.04. The topological polar surface area (TPSA) is 63.0 Å². The van der Waals surface area contributed by atoms with E-state index in [4.69, 9.17) is 15.6 Å². The van der Waals surface area contributed by atoms with E-state index in [1.165, 1.54) is 0 Å². The van der Waals surface area contributed by atoms with Crippen molar-refractivity contribution in [2.45, 2.75) is 19.8 Å². The zero-order valence-electron chi connectivity index (χ0n) is 6.55. The Bertz CT molecular complexity index is 252. The smallest absolute Gasteiger partial charge is 0.171 e. The number of amidine groups is 1. The van der Waals surface area contributed by atoms with Gasteiger partial charge in [-0.3, -0.25) is 5.41 Å². The molecule has 1 aromatic rings. The maximum Gasteiger partial charge on any atom is 0.171 e. The molecule has 0 radical (unpaired) electrons. The van der Waals surface area contributed by atoms with Gasteiger partial charge in [0, 0.05) is 5.56 Å². The van der Waals surface area contributed by atoms with E-state index in [0.29, 0.717) is 5.76 Å². The van der Waals surface area contributed by atoms with Crippen LogP contribution in [0.15, 0.2) is 16.7 Å². The lowest BCUT2D eigenvalue weighted by molar-refractivity contribution is 0.552. The first kappa shape index (κ1) is 7.85. The van der Waals surface area contributed by atoms with Crippen LogP contribution < -0.4 is 5.73 Å². The van der Waals surface area contributed by atoms with Crippen LogP contribution in [0.3, 0.4) is 0 Å². The van der Waals surface area contributed by atoms with E-state index < -0.39 is 0 Å². The second kappa shape index (κ2) is 3.23. The molecule has 11 heavy (non-hydrogen) atoms. The molecule has 3 heteroatoms. The number of hydrogen-bond donors (Lipinski definition) is 2. The Hall–Kier alpha value is -1.25. The van der Waals surface area contributed by atoms with E-state index >= 15 is 0 Å². The van der Waals surface area contributed by atoms with Gasteiger partial charge in [-0.15, -0.1) is 0 Å². The molecular formula is C8H12N2O. The predicted octanol–water partition coefficient (Wildman–Crippen LogP) is 1.52. The molecule has 0 atom stereocenters. The molecule has 60 valence electrons. The summed E-state index contributed by atoms with van der Waals surface area (Å²) in [5.41, 5.74) is 6.31. The molecule has 1 aromatic heterocycles. The number of hydrogen-bond acceptors (Lipinski definition) is 2. The van der Waals surface area contributed by atoms with Gasteiger partial charge >= 0.3 is 0 Å². The van der Waals surface area contributed by atoms with Gasteiger partial charge in [-0.2, -0.15) is 0 Å². The third kappa shape index (κ3) is 1.61. The Kier molecular flexibility index (Phi) is 2.31.